The maximum atomic E-state index is 10.1. The molecule has 1 radical (unpaired) electrons. The number of hydrogen-bond acceptors (Lipinski definition) is 4. The van der Waals surface area contributed by atoms with Gasteiger partial charge in [-0.1, -0.05) is 4.72 Å². The molecule has 0 saturated carbocycles. The fourth-order valence-corrected chi connectivity index (χ4v) is 1.38. The van der Waals surface area contributed by atoms with Crippen molar-refractivity contribution in [1.29, 1.82) is 0 Å². The molecule has 0 rings (SSSR count). The highest BCUT2D eigenvalue weighted by Gasteiger charge is 2.23. The Labute approximate surface area is 64.0 Å². The summed E-state index contributed by atoms with van der Waals surface area (Å²) in [7, 11) is -9.26. The Hall–Kier alpha value is -0.220. The van der Waals surface area contributed by atoms with Crippen LogP contribution in [-0.4, -0.2) is 31.3 Å². The smallest absolute Gasteiger partial charge is 0.284 e. The third-order valence-corrected chi connectivity index (χ3v) is 2.40. The number of nitrogens with zero attached hydrogens (tertiary/aromatic N) is 1. The minimum atomic E-state index is -4.72. The molecule has 11 heavy (non-hydrogen) atoms. The molecule has 67 valence electrons. The second kappa shape index (κ2) is 3.03. The Morgan fingerprint density at radius 3 is 1.64 bits per heavy atom. The molecule has 0 aromatic carbocycles. The molecule has 0 aliphatic heterocycles. The lowest BCUT2D eigenvalue weighted by atomic mass is 10.8. The summed E-state index contributed by atoms with van der Waals surface area (Å²) >= 11 is 0. The van der Waals surface area contributed by atoms with Crippen LogP contribution in [0.4, 0.5) is 0 Å². The second-order valence-electron chi connectivity index (χ2n) is 1.67. The largest absolute Gasteiger partial charge is 0.351 e. The SMILES string of the molecule is CC([N]S(=O)(=O)O)S(=O)(=O)O. The van der Waals surface area contributed by atoms with E-state index in [1.165, 1.54) is 0 Å². The van der Waals surface area contributed by atoms with E-state index in [1.807, 2.05) is 0 Å². The van der Waals surface area contributed by atoms with Crippen molar-refractivity contribution in [3.05, 3.63) is 0 Å². The molecular formula is C2H6NO6S2. The zero-order valence-corrected chi connectivity index (χ0v) is 7.00. The van der Waals surface area contributed by atoms with Crippen LogP contribution in [0.3, 0.4) is 0 Å². The van der Waals surface area contributed by atoms with Crippen molar-refractivity contribution in [2.45, 2.75) is 12.3 Å². The fraction of sp³-hybridized carbons (Fsp3) is 1.00. The van der Waals surface area contributed by atoms with Crippen molar-refractivity contribution in [3.63, 3.8) is 0 Å². The van der Waals surface area contributed by atoms with Gasteiger partial charge >= 0.3 is 10.3 Å². The van der Waals surface area contributed by atoms with Gasteiger partial charge < -0.3 is 0 Å². The van der Waals surface area contributed by atoms with Crippen LogP contribution in [0.2, 0.25) is 0 Å². The molecule has 0 aliphatic carbocycles. The minimum Gasteiger partial charge on any atom is -0.284 e. The lowest BCUT2D eigenvalue weighted by molar-refractivity contribution is 0.441. The average Bonchev–Trinajstić information content (AvgIpc) is 1.56. The van der Waals surface area contributed by atoms with E-state index in [2.05, 4.69) is 4.72 Å². The molecule has 1 unspecified atom stereocenters. The van der Waals surface area contributed by atoms with Crippen LogP contribution in [0.1, 0.15) is 6.92 Å². The Morgan fingerprint density at radius 2 is 1.55 bits per heavy atom. The normalized spacial score (nSPS) is 16.3. The summed E-state index contributed by atoms with van der Waals surface area (Å²) in [5.41, 5.74) is 0. The van der Waals surface area contributed by atoms with Gasteiger partial charge in [0.1, 0.15) is 0 Å². The van der Waals surface area contributed by atoms with Gasteiger partial charge in [-0.2, -0.15) is 16.8 Å². The van der Waals surface area contributed by atoms with Gasteiger partial charge in [0.2, 0.25) is 0 Å². The molecule has 7 nitrogen and oxygen atoms in total. The van der Waals surface area contributed by atoms with Crippen LogP contribution >= 0.6 is 0 Å². The van der Waals surface area contributed by atoms with E-state index in [-0.39, 0.29) is 0 Å². The van der Waals surface area contributed by atoms with Crippen LogP contribution in [0.15, 0.2) is 0 Å². The first-order valence-electron chi connectivity index (χ1n) is 2.29. The summed E-state index contributed by atoms with van der Waals surface area (Å²) < 4.78 is 58.5. The van der Waals surface area contributed by atoms with Gasteiger partial charge in [-0.05, 0) is 6.92 Å². The Morgan fingerprint density at radius 1 is 1.18 bits per heavy atom. The third-order valence-electron chi connectivity index (χ3n) is 0.713. The Kier molecular flexibility index (Phi) is 2.97. The molecule has 2 N–H and O–H groups in total. The van der Waals surface area contributed by atoms with Gasteiger partial charge in [0.25, 0.3) is 10.1 Å². The third kappa shape index (κ3) is 5.09. The van der Waals surface area contributed by atoms with Crippen LogP contribution in [0.5, 0.6) is 0 Å². The van der Waals surface area contributed by atoms with E-state index >= 15 is 0 Å². The molecule has 0 aliphatic rings. The van der Waals surface area contributed by atoms with Crippen molar-refractivity contribution >= 4 is 20.4 Å². The maximum Gasteiger partial charge on any atom is 0.351 e. The lowest BCUT2D eigenvalue weighted by Crippen LogP contribution is -2.31. The molecule has 0 fully saturated rings. The van der Waals surface area contributed by atoms with Crippen LogP contribution in [0, 0.1) is 0 Å². The standard InChI is InChI=1S/C2H6NO6S2/c1-2(10(4,5)6)3-11(7,8)9/h2H,1H3,(H,4,5,6)(H,7,8,9). The molecular weight excluding hydrogens is 198 g/mol. The molecule has 1 atom stereocenters. The lowest BCUT2D eigenvalue weighted by Gasteiger charge is -2.03. The van der Waals surface area contributed by atoms with E-state index in [4.69, 9.17) is 9.11 Å². The van der Waals surface area contributed by atoms with Crippen molar-refractivity contribution in [3.8, 4) is 0 Å². The monoisotopic (exact) mass is 204 g/mol. The zero-order chi connectivity index (χ0) is 9.28. The summed E-state index contributed by atoms with van der Waals surface area (Å²) in [4.78, 5) is 0. The van der Waals surface area contributed by atoms with E-state index in [1.54, 1.807) is 0 Å². The number of rotatable bonds is 3. The molecule has 9 heteroatoms. The van der Waals surface area contributed by atoms with Crippen molar-refractivity contribution in [1.82, 2.24) is 4.72 Å². The van der Waals surface area contributed by atoms with Gasteiger partial charge in [0.05, 0.1) is 0 Å². The van der Waals surface area contributed by atoms with Gasteiger partial charge in [-0.3, -0.25) is 9.11 Å². The van der Waals surface area contributed by atoms with E-state index in [0.29, 0.717) is 0 Å². The zero-order valence-electron chi connectivity index (χ0n) is 5.37. The van der Waals surface area contributed by atoms with Crippen LogP contribution < -0.4 is 4.72 Å². The maximum absolute atomic E-state index is 10.1. The summed E-state index contributed by atoms with van der Waals surface area (Å²) in [6, 6.07) is 0. The second-order valence-corrected chi connectivity index (χ2v) is 4.49. The molecule has 0 saturated heterocycles. The Bertz CT molecular complexity index is 312. The van der Waals surface area contributed by atoms with E-state index in [0.717, 1.165) is 6.92 Å². The van der Waals surface area contributed by atoms with Gasteiger partial charge in [-0.25, -0.2) is 0 Å². The molecule has 0 aromatic heterocycles. The fourth-order valence-electron chi connectivity index (χ4n) is 0.242. The quantitative estimate of drug-likeness (QED) is 0.546. The number of hydrogen-bond donors (Lipinski definition) is 2. The van der Waals surface area contributed by atoms with Crippen molar-refractivity contribution < 1.29 is 25.9 Å². The predicted molar refractivity (Wildman–Crippen MR) is 34.7 cm³/mol. The molecule has 0 aromatic rings. The highest BCUT2D eigenvalue weighted by Crippen LogP contribution is 1.96. The van der Waals surface area contributed by atoms with Crippen LogP contribution in [0.25, 0.3) is 0 Å². The summed E-state index contributed by atoms with van der Waals surface area (Å²) in [5, 5.41) is -1.88. The summed E-state index contributed by atoms with van der Waals surface area (Å²) in [6.07, 6.45) is 0. The topological polar surface area (TPSA) is 123 Å². The van der Waals surface area contributed by atoms with Crippen LogP contribution in [-0.2, 0) is 20.4 Å². The first kappa shape index (κ1) is 10.8. The predicted octanol–water partition coefficient (Wildman–Crippen LogP) is -1.37. The minimum absolute atomic E-state index is 0.809. The molecule has 0 amide bonds. The van der Waals surface area contributed by atoms with Gasteiger partial charge in [0, 0.05) is 0 Å². The Balaban J connectivity index is 4.47. The first-order chi connectivity index (χ1) is 4.63. The highest BCUT2D eigenvalue weighted by atomic mass is 32.2. The van der Waals surface area contributed by atoms with Crippen molar-refractivity contribution in [2.24, 2.45) is 0 Å². The molecule has 0 bridgehead atoms. The van der Waals surface area contributed by atoms with Gasteiger partial charge in [0.15, 0.2) is 5.37 Å². The molecule has 0 heterocycles. The van der Waals surface area contributed by atoms with E-state index < -0.39 is 25.8 Å². The van der Waals surface area contributed by atoms with E-state index in [9.17, 15) is 16.8 Å². The summed E-state index contributed by atoms with van der Waals surface area (Å²) in [6.45, 7) is 0.809. The highest BCUT2D eigenvalue weighted by molar-refractivity contribution is 7.88. The first-order valence-corrected chi connectivity index (χ1v) is 5.19. The molecule has 0 spiro atoms. The average molecular weight is 204 g/mol. The van der Waals surface area contributed by atoms with Gasteiger partial charge in [-0.15, -0.1) is 0 Å². The van der Waals surface area contributed by atoms with Crippen molar-refractivity contribution in [2.75, 3.05) is 0 Å². The summed E-state index contributed by atoms with van der Waals surface area (Å²) in [5.74, 6) is 0.